The molecule has 0 spiro atoms. The van der Waals surface area contributed by atoms with Crippen molar-refractivity contribution >= 4 is 5.97 Å². The standard InChI is InChI=1S/C17H32N2O2/c1-13(2)18-15(17(20)21-3)10-12-19-11-6-8-14-7-4-5-9-16(14)19/h13-16,18H,4-12H2,1-3H3/t14-,15?,16-/m1/s1. The number of likely N-dealkylation sites (tertiary alicyclic amines) is 1. The number of carbonyl (C=O) groups excluding carboxylic acids is 1. The van der Waals surface area contributed by atoms with Crippen LogP contribution in [0.25, 0.3) is 0 Å². The lowest BCUT2D eigenvalue weighted by Crippen LogP contribution is -2.49. The predicted octanol–water partition coefficient (Wildman–Crippen LogP) is 2.57. The van der Waals surface area contributed by atoms with E-state index in [-0.39, 0.29) is 12.0 Å². The monoisotopic (exact) mass is 296 g/mol. The van der Waals surface area contributed by atoms with Gasteiger partial charge in [-0.3, -0.25) is 4.79 Å². The summed E-state index contributed by atoms with van der Waals surface area (Å²) in [6.07, 6.45) is 9.13. The van der Waals surface area contributed by atoms with Gasteiger partial charge >= 0.3 is 5.97 Å². The maximum Gasteiger partial charge on any atom is 0.322 e. The lowest BCUT2D eigenvalue weighted by Gasteiger charge is -2.44. The zero-order valence-electron chi connectivity index (χ0n) is 13.9. The van der Waals surface area contributed by atoms with Crippen molar-refractivity contribution in [2.24, 2.45) is 5.92 Å². The van der Waals surface area contributed by atoms with Crippen molar-refractivity contribution in [3.05, 3.63) is 0 Å². The van der Waals surface area contributed by atoms with Gasteiger partial charge in [-0.2, -0.15) is 0 Å². The summed E-state index contributed by atoms with van der Waals surface area (Å²) >= 11 is 0. The van der Waals surface area contributed by atoms with Crippen LogP contribution >= 0.6 is 0 Å². The largest absolute Gasteiger partial charge is 0.468 e. The van der Waals surface area contributed by atoms with Gasteiger partial charge in [0.1, 0.15) is 6.04 Å². The molecule has 1 aliphatic heterocycles. The Hall–Kier alpha value is -0.610. The molecular weight excluding hydrogens is 264 g/mol. The van der Waals surface area contributed by atoms with E-state index in [1.54, 1.807) is 0 Å². The average molecular weight is 296 g/mol. The summed E-state index contributed by atoms with van der Waals surface area (Å²) in [4.78, 5) is 14.5. The van der Waals surface area contributed by atoms with Gasteiger partial charge in [0.05, 0.1) is 7.11 Å². The van der Waals surface area contributed by atoms with E-state index in [0.717, 1.165) is 24.9 Å². The number of methoxy groups -OCH3 is 1. The number of piperidine rings is 1. The highest BCUT2D eigenvalue weighted by atomic mass is 16.5. The molecule has 4 nitrogen and oxygen atoms in total. The molecule has 4 heteroatoms. The van der Waals surface area contributed by atoms with E-state index < -0.39 is 0 Å². The van der Waals surface area contributed by atoms with E-state index in [4.69, 9.17) is 4.74 Å². The third-order valence-electron chi connectivity index (χ3n) is 5.08. The fraction of sp³-hybridized carbons (Fsp3) is 0.941. The number of nitrogens with one attached hydrogen (secondary N) is 1. The number of nitrogens with zero attached hydrogens (tertiary/aromatic N) is 1. The summed E-state index contributed by atoms with van der Waals surface area (Å²) < 4.78 is 4.94. The fourth-order valence-electron chi connectivity index (χ4n) is 4.11. The van der Waals surface area contributed by atoms with Crippen molar-refractivity contribution in [3.63, 3.8) is 0 Å². The third-order valence-corrected chi connectivity index (χ3v) is 5.08. The molecule has 1 unspecified atom stereocenters. The molecule has 1 heterocycles. The second-order valence-electron chi connectivity index (χ2n) is 6.98. The van der Waals surface area contributed by atoms with Gasteiger partial charge in [-0.05, 0) is 44.6 Å². The first kappa shape index (κ1) is 16.8. The number of ether oxygens (including phenoxy) is 1. The van der Waals surface area contributed by atoms with Crippen molar-refractivity contribution < 1.29 is 9.53 Å². The number of rotatable bonds is 6. The van der Waals surface area contributed by atoms with E-state index in [0.29, 0.717) is 6.04 Å². The molecule has 1 aliphatic carbocycles. The van der Waals surface area contributed by atoms with Crippen LogP contribution in [0.4, 0.5) is 0 Å². The van der Waals surface area contributed by atoms with E-state index in [1.807, 2.05) is 0 Å². The van der Waals surface area contributed by atoms with Gasteiger partial charge in [0.2, 0.25) is 0 Å². The van der Waals surface area contributed by atoms with Crippen LogP contribution in [-0.4, -0.2) is 49.2 Å². The molecule has 0 bridgehead atoms. The number of carbonyl (C=O) groups is 1. The average Bonchev–Trinajstić information content (AvgIpc) is 2.50. The van der Waals surface area contributed by atoms with Gasteiger partial charge in [0.25, 0.3) is 0 Å². The van der Waals surface area contributed by atoms with Crippen molar-refractivity contribution in [2.45, 2.75) is 76.9 Å². The van der Waals surface area contributed by atoms with Gasteiger partial charge in [0.15, 0.2) is 0 Å². The van der Waals surface area contributed by atoms with Crippen molar-refractivity contribution in [2.75, 3.05) is 20.2 Å². The molecule has 1 saturated heterocycles. The topological polar surface area (TPSA) is 41.6 Å². The molecule has 0 radical (unpaired) electrons. The number of hydrogen-bond donors (Lipinski definition) is 1. The first-order chi connectivity index (χ1) is 10.1. The lowest BCUT2D eigenvalue weighted by atomic mass is 9.78. The van der Waals surface area contributed by atoms with Crippen LogP contribution < -0.4 is 5.32 Å². The first-order valence-corrected chi connectivity index (χ1v) is 8.69. The maximum atomic E-state index is 11.9. The summed E-state index contributed by atoms with van der Waals surface area (Å²) in [5.74, 6) is 0.781. The number of fused-ring (bicyclic) bond motifs is 1. The van der Waals surface area contributed by atoms with Crippen LogP contribution in [0.5, 0.6) is 0 Å². The Morgan fingerprint density at radius 1 is 1.24 bits per heavy atom. The Labute approximate surface area is 129 Å². The molecule has 0 aromatic rings. The zero-order chi connectivity index (χ0) is 15.2. The van der Waals surface area contributed by atoms with Gasteiger partial charge in [-0.1, -0.05) is 26.7 Å². The highest BCUT2D eigenvalue weighted by molar-refractivity contribution is 5.75. The van der Waals surface area contributed by atoms with Gasteiger partial charge in [-0.25, -0.2) is 0 Å². The van der Waals surface area contributed by atoms with Crippen LogP contribution in [0.2, 0.25) is 0 Å². The second kappa shape index (κ2) is 8.14. The van der Waals surface area contributed by atoms with Crippen LogP contribution in [0.15, 0.2) is 0 Å². The summed E-state index contributed by atoms with van der Waals surface area (Å²) in [6, 6.07) is 0.904. The molecule has 0 aromatic heterocycles. The van der Waals surface area contributed by atoms with Crippen LogP contribution in [0.3, 0.4) is 0 Å². The highest BCUT2D eigenvalue weighted by Crippen LogP contribution is 2.35. The summed E-state index contributed by atoms with van der Waals surface area (Å²) in [5.41, 5.74) is 0. The van der Waals surface area contributed by atoms with Crippen molar-refractivity contribution in [1.82, 2.24) is 10.2 Å². The van der Waals surface area contributed by atoms with Crippen molar-refractivity contribution in [3.8, 4) is 0 Å². The highest BCUT2D eigenvalue weighted by Gasteiger charge is 2.33. The number of hydrogen-bond acceptors (Lipinski definition) is 4. The number of esters is 1. The van der Waals surface area contributed by atoms with Crippen LogP contribution in [-0.2, 0) is 9.53 Å². The SMILES string of the molecule is COC(=O)C(CCN1CCC[C@H]2CCCC[C@H]21)NC(C)C. The lowest BCUT2D eigenvalue weighted by molar-refractivity contribution is -0.143. The Morgan fingerprint density at radius 2 is 1.95 bits per heavy atom. The maximum absolute atomic E-state index is 11.9. The predicted molar refractivity (Wildman–Crippen MR) is 85.2 cm³/mol. The minimum Gasteiger partial charge on any atom is -0.468 e. The summed E-state index contributed by atoms with van der Waals surface area (Å²) in [5, 5.41) is 3.34. The smallest absolute Gasteiger partial charge is 0.322 e. The molecule has 0 aromatic carbocycles. The second-order valence-corrected chi connectivity index (χ2v) is 6.98. The van der Waals surface area contributed by atoms with Crippen molar-refractivity contribution in [1.29, 1.82) is 0 Å². The fourth-order valence-corrected chi connectivity index (χ4v) is 4.11. The molecule has 1 N–H and O–H groups in total. The molecule has 1 saturated carbocycles. The van der Waals surface area contributed by atoms with Gasteiger partial charge < -0.3 is 15.0 Å². The Bertz CT molecular complexity index is 331. The molecule has 3 atom stereocenters. The Balaban J connectivity index is 1.88. The quantitative estimate of drug-likeness (QED) is 0.765. The Kier molecular flexibility index (Phi) is 6.49. The minimum absolute atomic E-state index is 0.124. The third kappa shape index (κ3) is 4.68. The van der Waals surface area contributed by atoms with Gasteiger partial charge in [0, 0.05) is 18.6 Å². The molecule has 2 aliphatic rings. The first-order valence-electron chi connectivity index (χ1n) is 8.69. The summed E-state index contributed by atoms with van der Waals surface area (Å²) in [6.45, 7) is 6.37. The zero-order valence-corrected chi connectivity index (χ0v) is 13.9. The Morgan fingerprint density at radius 3 is 2.67 bits per heavy atom. The molecular formula is C17H32N2O2. The molecule has 2 rings (SSSR count). The van der Waals surface area contributed by atoms with Gasteiger partial charge in [-0.15, -0.1) is 0 Å². The van der Waals surface area contributed by atoms with E-state index >= 15 is 0 Å². The van der Waals surface area contributed by atoms with E-state index in [9.17, 15) is 4.79 Å². The summed E-state index contributed by atoms with van der Waals surface area (Å²) in [7, 11) is 1.48. The molecule has 0 amide bonds. The van der Waals surface area contributed by atoms with Crippen LogP contribution in [0.1, 0.15) is 58.8 Å². The van der Waals surface area contributed by atoms with E-state index in [2.05, 4.69) is 24.1 Å². The van der Waals surface area contributed by atoms with E-state index in [1.165, 1.54) is 52.2 Å². The minimum atomic E-state index is -0.168. The van der Waals surface area contributed by atoms with Crippen LogP contribution in [0, 0.1) is 5.92 Å². The molecule has 122 valence electrons. The normalized spacial score (nSPS) is 28.2. The molecule has 21 heavy (non-hydrogen) atoms. The molecule has 2 fully saturated rings.